The van der Waals surface area contributed by atoms with Gasteiger partial charge in [0.2, 0.25) is 0 Å². The largest absolute Gasteiger partial charge is 0.455 e. The van der Waals surface area contributed by atoms with Crippen LogP contribution in [0, 0.1) is 0 Å². The lowest BCUT2D eigenvalue weighted by Gasteiger charge is -2.04. The van der Waals surface area contributed by atoms with Crippen LogP contribution in [0.2, 0.25) is 10.0 Å². The zero-order valence-corrected chi connectivity index (χ0v) is 16.6. The van der Waals surface area contributed by atoms with Crippen LogP contribution in [0.1, 0.15) is 21.9 Å². The summed E-state index contributed by atoms with van der Waals surface area (Å²) in [5.74, 6) is 0.508. The van der Waals surface area contributed by atoms with Crippen LogP contribution in [0.15, 0.2) is 70.0 Å². The summed E-state index contributed by atoms with van der Waals surface area (Å²) in [5, 5.41) is 3.93. The molecule has 0 aliphatic carbocycles. The zero-order valence-electron chi connectivity index (χ0n) is 14.3. The van der Waals surface area contributed by atoms with Gasteiger partial charge in [0, 0.05) is 11.6 Å². The van der Waals surface area contributed by atoms with E-state index in [4.69, 9.17) is 27.6 Å². The molecule has 0 aliphatic rings. The molecule has 3 rings (SSSR count). The number of hydrogen-bond donors (Lipinski definition) is 1. The van der Waals surface area contributed by atoms with Crippen molar-refractivity contribution >= 4 is 39.9 Å². The van der Waals surface area contributed by atoms with Gasteiger partial charge in [-0.2, -0.15) is 0 Å². The van der Waals surface area contributed by atoms with Crippen molar-refractivity contribution in [3.8, 4) is 0 Å². The fraction of sp³-hybridized carbons (Fsp3) is 0.150. The van der Waals surface area contributed by atoms with E-state index in [0.29, 0.717) is 33.7 Å². The smallest absolute Gasteiger partial charge is 0.287 e. The molecule has 3 aromatic rings. The van der Waals surface area contributed by atoms with Crippen LogP contribution in [0.3, 0.4) is 0 Å². The lowest BCUT2D eigenvalue weighted by molar-refractivity contribution is 0.0925. The molecular formula is C20H17Cl2NO3S. The summed E-state index contributed by atoms with van der Waals surface area (Å²) in [6.07, 6.45) is 0.687. The Morgan fingerprint density at radius 1 is 1.00 bits per heavy atom. The van der Waals surface area contributed by atoms with Gasteiger partial charge in [-0.1, -0.05) is 47.5 Å². The number of hydrogen-bond acceptors (Lipinski definition) is 3. The summed E-state index contributed by atoms with van der Waals surface area (Å²) in [7, 11) is -1.35. The first-order chi connectivity index (χ1) is 13.0. The van der Waals surface area contributed by atoms with Crippen LogP contribution in [-0.2, 0) is 23.0 Å². The second-order valence-electron chi connectivity index (χ2n) is 5.82. The molecule has 0 saturated carbocycles. The Morgan fingerprint density at radius 3 is 2.48 bits per heavy atom. The normalized spacial score (nSPS) is 11.9. The second kappa shape index (κ2) is 9.22. The summed E-state index contributed by atoms with van der Waals surface area (Å²) >= 11 is 11.9. The maximum atomic E-state index is 12.4. The van der Waals surface area contributed by atoms with Crippen LogP contribution in [0.5, 0.6) is 0 Å². The molecule has 2 aromatic carbocycles. The van der Waals surface area contributed by atoms with Crippen molar-refractivity contribution < 1.29 is 13.4 Å². The van der Waals surface area contributed by atoms with E-state index in [9.17, 15) is 9.00 Å². The molecule has 0 unspecified atom stereocenters. The number of carbonyl (C=O) groups is 1. The number of halogens is 2. The molecule has 0 saturated heterocycles. The third kappa shape index (κ3) is 5.45. The molecule has 1 atom stereocenters. The van der Waals surface area contributed by atoms with E-state index >= 15 is 0 Å². The maximum absolute atomic E-state index is 12.4. The lowest BCUT2D eigenvalue weighted by Crippen LogP contribution is -2.25. The van der Waals surface area contributed by atoms with Gasteiger partial charge in [-0.25, -0.2) is 0 Å². The topological polar surface area (TPSA) is 59.3 Å². The molecule has 27 heavy (non-hydrogen) atoms. The van der Waals surface area contributed by atoms with Gasteiger partial charge in [0.05, 0.1) is 26.5 Å². The number of carbonyl (C=O) groups excluding carboxylic acids is 1. The van der Waals surface area contributed by atoms with E-state index in [2.05, 4.69) is 5.32 Å². The van der Waals surface area contributed by atoms with E-state index in [1.807, 2.05) is 24.3 Å². The van der Waals surface area contributed by atoms with E-state index in [1.165, 1.54) is 0 Å². The molecule has 1 heterocycles. The zero-order chi connectivity index (χ0) is 19.2. The van der Waals surface area contributed by atoms with E-state index < -0.39 is 10.8 Å². The van der Waals surface area contributed by atoms with Crippen LogP contribution in [-0.4, -0.2) is 16.7 Å². The highest BCUT2D eigenvalue weighted by molar-refractivity contribution is 7.84. The number of rotatable bonds is 7. The predicted octanol–water partition coefficient (Wildman–Crippen LogP) is 4.87. The number of nitrogens with one attached hydrogen (secondary N) is 1. The van der Waals surface area contributed by atoms with Gasteiger partial charge in [0.1, 0.15) is 5.76 Å². The second-order valence-corrected chi connectivity index (χ2v) is 8.08. The van der Waals surface area contributed by atoms with Crippen molar-refractivity contribution in [2.75, 3.05) is 6.54 Å². The van der Waals surface area contributed by atoms with Crippen LogP contribution >= 0.6 is 23.2 Å². The van der Waals surface area contributed by atoms with Crippen molar-refractivity contribution in [2.45, 2.75) is 17.1 Å². The van der Waals surface area contributed by atoms with Crippen LogP contribution < -0.4 is 5.32 Å². The minimum Gasteiger partial charge on any atom is -0.455 e. The molecule has 4 nitrogen and oxygen atoms in total. The summed E-state index contributed by atoms with van der Waals surface area (Å²) in [6.45, 7) is 0.474. The van der Waals surface area contributed by atoms with Gasteiger partial charge in [0.15, 0.2) is 5.76 Å². The van der Waals surface area contributed by atoms with E-state index in [-0.39, 0.29) is 17.4 Å². The molecule has 0 radical (unpaired) electrons. The first-order valence-electron chi connectivity index (χ1n) is 8.27. The monoisotopic (exact) mass is 421 g/mol. The SMILES string of the molecule is O=C(NCCc1ccc(Cl)cc1)c1ccc(C[S@](=O)c2ccccc2Cl)o1. The molecule has 0 fully saturated rings. The van der Waals surface area contributed by atoms with Gasteiger partial charge in [0.25, 0.3) is 5.91 Å². The number of amides is 1. The first kappa shape index (κ1) is 19.7. The molecule has 1 N–H and O–H groups in total. The van der Waals surface area contributed by atoms with Gasteiger partial charge < -0.3 is 9.73 Å². The minimum atomic E-state index is -1.35. The molecule has 140 valence electrons. The average Bonchev–Trinajstić information content (AvgIpc) is 3.12. The molecule has 1 amide bonds. The number of furan rings is 1. The lowest BCUT2D eigenvalue weighted by atomic mass is 10.1. The molecule has 0 aliphatic heterocycles. The number of benzene rings is 2. The Labute approximate surface area is 169 Å². The minimum absolute atomic E-state index is 0.155. The molecular weight excluding hydrogens is 405 g/mol. The van der Waals surface area contributed by atoms with E-state index in [1.54, 1.807) is 36.4 Å². The van der Waals surface area contributed by atoms with Gasteiger partial charge in [-0.15, -0.1) is 0 Å². The molecule has 0 spiro atoms. The van der Waals surface area contributed by atoms with E-state index in [0.717, 1.165) is 5.56 Å². The maximum Gasteiger partial charge on any atom is 0.287 e. The molecule has 1 aromatic heterocycles. The predicted molar refractivity (Wildman–Crippen MR) is 108 cm³/mol. The van der Waals surface area contributed by atoms with Crippen molar-refractivity contribution in [3.05, 3.63) is 87.8 Å². The average molecular weight is 422 g/mol. The third-order valence-electron chi connectivity index (χ3n) is 3.85. The highest BCUT2D eigenvalue weighted by atomic mass is 35.5. The summed E-state index contributed by atoms with van der Waals surface area (Å²) < 4.78 is 18.0. The van der Waals surface area contributed by atoms with Crippen molar-refractivity contribution in [1.82, 2.24) is 5.32 Å². The summed E-state index contributed by atoms with van der Waals surface area (Å²) in [4.78, 5) is 12.7. The first-order valence-corrected chi connectivity index (χ1v) is 10.3. The fourth-order valence-corrected chi connectivity index (χ4v) is 4.08. The van der Waals surface area contributed by atoms with Crippen molar-refractivity contribution in [1.29, 1.82) is 0 Å². The summed E-state index contributed by atoms with van der Waals surface area (Å²) in [6, 6.07) is 17.7. The van der Waals surface area contributed by atoms with Gasteiger partial charge in [-0.05, 0) is 48.4 Å². The molecule has 0 bridgehead atoms. The quantitative estimate of drug-likeness (QED) is 0.591. The Hall–Kier alpha value is -2.08. The Morgan fingerprint density at radius 2 is 1.74 bits per heavy atom. The fourth-order valence-electron chi connectivity index (χ4n) is 2.47. The van der Waals surface area contributed by atoms with Crippen molar-refractivity contribution in [2.24, 2.45) is 0 Å². The van der Waals surface area contributed by atoms with Gasteiger partial charge in [-0.3, -0.25) is 9.00 Å². The standard InChI is InChI=1S/C20H17Cl2NO3S/c21-15-7-5-14(6-8-15)11-12-23-20(24)18-10-9-16(26-18)13-27(25)19-4-2-1-3-17(19)22/h1-10H,11-13H2,(H,23,24)/t27-/m0/s1. The Bertz CT molecular complexity index is 954. The summed E-state index contributed by atoms with van der Waals surface area (Å²) in [5.41, 5.74) is 1.08. The molecule has 7 heteroatoms. The van der Waals surface area contributed by atoms with Gasteiger partial charge >= 0.3 is 0 Å². The Kier molecular flexibility index (Phi) is 6.72. The highest BCUT2D eigenvalue weighted by Gasteiger charge is 2.14. The van der Waals surface area contributed by atoms with Crippen LogP contribution in [0.4, 0.5) is 0 Å². The van der Waals surface area contributed by atoms with Crippen LogP contribution in [0.25, 0.3) is 0 Å². The van der Waals surface area contributed by atoms with Crippen molar-refractivity contribution in [3.63, 3.8) is 0 Å². The Balaban J connectivity index is 1.53. The highest BCUT2D eigenvalue weighted by Crippen LogP contribution is 2.22. The third-order valence-corrected chi connectivity index (χ3v) is 5.94.